The van der Waals surface area contributed by atoms with Gasteiger partial charge in [0.15, 0.2) is 0 Å². The zero-order valence-corrected chi connectivity index (χ0v) is 21.1. The zero-order valence-electron chi connectivity index (χ0n) is 20.3. The van der Waals surface area contributed by atoms with E-state index in [0.29, 0.717) is 31.6 Å². The van der Waals surface area contributed by atoms with Crippen molar-refractivity contribution in [1.29, 1.82) is 0 Å². The summed E-state index contributed by atoms with van der Waals surface area (Å²) in [6, 6.07) is 6.83. The predicted molar refractivity (Wildman–Crippen MR) is 126 cm³/mol. The maximum atomic E-state index is 13.2. The van der Waals surface area contributed by atoms with Crippen molar-refractivity contribution in [2.75, 3.05) is 26.7 Å². The van der Waals surface area contributed by atoms with Crippen molar-refractivity contribution in [3.8, 4) is 0 Å². The number of cyclic esters (lactones) is 1. The Kier molecular flexibility index (Phi) is 9.17. The van der Waals surface area contributed by atoms with Gasteiger partial charge in [-0.1, -0.05) is 24.3 Å². The maximum Gasteiger partial charge on any atom is 0.305 e. The molecule has 0 radical (unpaired) electrons. The van der Waals surface area contributed by atoms with Crippen molar-refractivity contribution < 1.29 is 22.7 Å². The molecule has 1 N–H and O–H groups in total. The van der Waals surface area contributed by atoms with Crippen LogP contribution < -0.4 is 5.32 Å². The van der Waals surface area contributed by atoms with Crippen LogP contribution >= 0.6 is 0 Å². The molecule has 2 heterocycles. The highest BCUT2D eigenvalue weighted by Crippen LogP contribution is 2.19. The molecule has 1 aromatic carbocycles. The van der Waals surface area contributed by atoms with Gasteiger partial charge in [0.2, 0.25) is 10.0 Å². The number of sulfonamides is 1. The quantitative estimate of drug-likeness (QED) is 0.641. The number of nitrogens with one attached hydrogen (secondary N) is 1. The molecule has 188 valence electrons. The van der Waals surface area contributed by atoms with Crippen LogP contribution in [0.15, 0.2) is 35.4 Å². The van der Waals surface area contributed by atoms with E-state index in [1.54, 1.807) is 36.1 Å². The molecule has 0 fully saturated rings. The van der Waals surface area contributed by atoms with Crippen molar-refractivity contribution >= 4 is 16.0 Å². The fraction of sp³-hybridized carbons (Fsp3) is 0.609. The molecule has 0 aliphatic carbocycles. The van der Waals surface area contributed by atoms with Crippen molar-refractivity contribution in [1.82, 2.24) is 24.6 Å². The number of hydrogen-bond acceptors (Lipinski definition) is 8. The Hall–Kier alpha value is -2.34. The average molecular weight is 494 g/mol. The van der Waals surface area contributed by atoms with Crippen LogP contribution in [0.25, 0.3) is 0 Å². The lowest BCUT2D eigenvalue weighted by molar-refractivity contribution is -0.144. The number of likely N-dealkylation sites (N-methyl/N-ethyl adjacent to an activating group) is 1. The molecule has 3 atom stereocenters. The summed E-state index contributed by atoms with van der Waals surface area (Å²) in [7, 11) is -2.10. The topological polar surface area (TPSA) is 116 Å². The van der Waals surface area contributed by atoms with Gasteiger partial charge in [-0.05, 0) is 43.9 Å². The molecule has 0 spiro atoms. The minimum Gasteiger partial charge on any atom is -0.464 e. The first-order chi connectivity index (χ1) is 16.1. The van der Waals surface area contributed by atoms with Gasteiger partial charge >= 0.3 is 5.97 Å². The SMILES string of the molecule is Cc1cccc(S(=O)(=O)N(C)C[C@H]2OCc3cn(nn3)CCCC(=O)OC[C@@H](C)NC[C@H]2C)c1. The third-order valence-electron chi connectivity index (χ3n) is 5.85. The van der Waals surface area contributed by atoms with Gasteiger partial charge in [0.1, 0.15) is 12.3 Å². The predicted octanol–water partition coefficient (Wildman–Crippen LogP) is 1.74. The minimum atomic E-state index is -3.67. The number of benzene rings is 1. The van der Waals surface area contributed by atoms with Crippen molar-refractivity contribution in [2.45, 2.75) is 63.8 Å². The molecule has 1 aliphatic heterocycles. The molecule has 0 saturated heterocycles. The van der Waals surface area contributed by atoms with Crippen molar-refractivity contribution in [3.63, 3.8) is 0 Å². The molecule has 2 bridgehead atoms. The highest BCUT2D eigenvalue weighted by Gasteiger charge is 2.28. The summed E-state index contributed by atoms with van der Waals surface area (Å²) in [5.41, 5.74) is 1.53. The van der Waals surface area contributed by atoms with E-state index >= 15 is 0 Å². The van der Waals surface area contributed by atoms with Crippen LogP contribution in [0.3, 0.4) is 0 Å². The Morgan fingerprint density at radius 2 is 2.09 bits per heavy atom. The Balaban J connectivity index is 1.76. The number of carbonyl (C=O) groups is 1. The number of ether oxygens (including phenoxy) is 2. The summed E-state index contributed by atoms with van der Waals surface area (Å²) in [5, 5.41) is 11.6. The zero-order chi connectivity index (χ0) is 24.7. The summed E-state index contributed by atoms with van der Waals surface area (Å²) < 4.78 is 40.9. The van der Waals surface area contributed by atoms with Gasteiger partial charge < -0.3 is 14.8 Å². The average Bonchev–Trinajstić information content (AvgIpc) is 3.25. The fourth-order valence-corrected chi connectivity index (χ4v) is 4.95. The van der Waals surface area contributed by atoms with Crippen LogP contribution in [0.4, 0.5) is 0 Å². The number of aryl methyl sites for hydroxylation is 2. The normalized spacial score (nSPS) is 23.6. The molecule has 11 heteroatoms. The molecule has 10 nitrogen and oxygen atoms in total. The summed E-state index contributed by atoms with van der Waals surface area (Å²) in [5.74, 6) is -0.269. The second-order valence-electron chi connectivity index (χ2n) is 9.00. The standard InChI is InChI=1S/C23H35N5O5S/c1-17-7-5-8-21(11-17)34(30,31)27(4)14-22-18(2)12-24-19(3)15-33-23(29)9-6-10-28-13-20(16-32-22)25-26-28/h5,7-8,11,13,18-19,22,24H,6,9-10,12,14-16H2,1-4H3/t18-,19-,22-/m1/s1. The minimum absolute atomic E-state index is 0.0312. The maximum absolute atomic E-state index is 13.2. The smallest absolute Gasteiger partial charge is 0.305 e. The molecule has 0 unspecified atom stereocenters. The van der Waals surface area contributed by atoms with E-state index in [4.69, 9.17) is 9.47 Å². The summed E-state index contributed by atoms with van der Waals surface area (Å²) in [6.07, 6.45) is 2.31. The number of rotatable bonds is 4. The summed E-state index contributed by atoms with van der Waals surface area (Å²) in [4.78, 5) is 12.2. The molecule has 1 aliphatic rings. The summed E-state index contributed by atoms with van der Waals surface area (Å²) in [6.45, 7) is 7.59. The van der Waals surface area contributed by atoms with Crippen LogP contribution in [0.1, 0.15) is 37.9 Å². The first-order valence-electron chi connectivity index (χ1n) is 11.6. The molecular weight excluding hydrogens is 458 g/mol. The van der Waals surface area contributed by atoms with Gasteiger partial charge in [0.25, 0.3) is 0 Å². The number of nitrogens with zero attached hydrogens (tertiary/aromatic N) is 4. The van der Waals surface area contributed by atoms with Crippen molar-refractivity contribution in [3.05, 3.63) is 41.7 Å². The highest BCUT2D eigenvalue weighted by atomic mass is 32.2. The van der Waals surface area contributed by atoms with E-state index in [1.165, 1.54) is 4.31 Å². The lowest BCUT2D eigenvalue weighted by Gasteiger charge is -2.29. The second kappa shape index (κ2) is 11.9. The Bertz CT molecular complexity index is 1060. The third-order valence-corrected chi connectivity index (χ3v) is 7.67. The number of esters is 1. The molecular formula is C23H35N5O5S. The van der Waals surface area contributed by atoms with Crippen LogP contribution in [-0.2, 0) is 37.4 Å². The number of aromatic nitrogens is 3. The lowest BCUT2D eigenvalue weighted by atomic mass is 10.0. The van der Waals surface area contributed by atoms with E-state index < -0.39 is 16.1 Å². The van der Waals surface area contributed by atoms with E-state index in [9.17, 15) is 13.2 Å². The first-order valence-corrected chi connectivity index (χ1v) is 13.0. The van der Waals surface area contributed by atoms with Gasteiger partial charge in [-0.2, -0.15) is 4.31 Å². The van der Waals surface area contributed by atoms with Crippen molar-refractivity contribution in [2.24, 2.45) is 5.92 Å². The number of fused-ring (bicyclic) bond motifs is 2. The van der Waals surface area contributed by atoms with E-state index in [2.05, 4.69) is 15.6 Å². The number of hydrogen-bond donors (Lipinski definition) is 1. The molecule has 0 amide bonds. The highest BCUT2D eigenvalue weighted by molar-refractivity contribution is 7.89. The van der Waals surface area contributed by atoms with E-state index in [0.717, 1.165) is 5.56 Å². The van der Waals surface area contributed by atoms with Gasteiger partial charge in [-0.15, -0.1) is 5.10 Å². The third kappa shape index (κ3) is 7.33. The van der Waals surface area contributed by atoms with Crippen LogP contribution in [0.5, 0.6) is 0 Å². The Morgan fingerprint density at radius 1 is 1.29 bits per heavy atom. The van der Waals surface area contributed by atoms with Gasteiger partial charge in [0.05, 0.1) is 23.8 Å². The van der Waals surface area contributed by atoms with Gasteiger partial charge in [0, 0.05) is 39.1 Å². The van der Waals surface area contributed by atoms with E-state index in [-0.39, 0.29) is 42.6 Å². The lowest BCUT2D eigenvalue weighted by Crippen LogP contribution is -2.43. The van der Waals surface area contributed by atoms with Gasteiger partial charge in [-0.25, -0.2) is 8.42 Å². The molecule has 34 heavy (non-hydrogen) atoms. The molecule has 3 rings (SSSR count). The summed E-state index contributed by atoms with van der Waals surface area (Å²) >= 11 is 0. The van der Waals surface area contributed by atoms with Gasteiger partial charge in [-0.3, -0.25) is 9.48 Å². The Labute approximate surface area is 201 Å². The molecule has 2 aromatic rings. The molecule has 0 saturated carbocycles. The van der Waals surface area contributed by atoms with E-state index in [1.807, 2.05) is 26.8 Å². The monoisotopic (exact) mass is 493 g/mol. The fourth-order valence-electron chi connectivity index (χ4n) is 3.66. The number of carbonyl (C=O) groups excluding carboxylic acids is 1. The Morgan fingerprint density at radius 3 is 2.85 bits per heavy atom. The van der Waals surface area contributed by atoms with Crippen LogP contribution in [0.2, 0.25) is 0 Å². The second-order valence-corrected chi connectivity index (χ2v) is 11.0. The largest absolute Gasteiger partial charge is 0.464 e. The first kappa shape index (κ1) is 26.3. The van der Waals surface area contributed by atoms with Crippen LogP contribution in [0, 0.1) is 12.8 Å². The van der Waals surface area contributed by atoms with Crippen LogP contribution in [-0.4, -0.2) is 72.6 Å². The molecule has 1 aromatic heterocycles.